The molecule has 2 saturated carbocycles. The Balaban J connectivity index is 1.27. The fourth-order valence-electron chi connectivity index (χ4n) is 6.63. The summed E-state index contributed by atoms with van der Waals surface area (Å²) < 4.78 is 2.01. The highest BCUT2D eigenvalue weighted by Crippen LogP contribution is 2.30. The molecule has 0 aromatic carbocycles. The molecule has 1 amide bonds. The first-order valence-electron chi connectivity index (χ1n) is 16.0. The fraction of sp³-hybridized carbons (Fsp3) is 0.781. The molecular formula is C32H53N5O. The van der Waals surface area contributed by atoms with E-state index in [0.29, 0.717) is 24.1 Å². The summed E-state index contributed by atoms with van der Waals surface area (Å²) in [5.41, 5.74) is 2.88. The van der Waals surface area contributed by atoms with Crippen molar-refractivity contribution in [3.05, 3.63) is 35.4 Å². The molecule has 0 saturated heterocycles. The molecule has 2 aliphatic carbocycles. The van der Waals surface area contributed by atoms with Crippen LogP contribution in [-0.4, -0.2) is 31.9 Å². The van der Waals surface area contributed by atoms with Crippen molar-refractivity contribution in [2.24, 2.45) is 5.92 Å². The summed E-state index contributed by atoms with van der Waals surface area (Å²) in [4.78, 5) is 13.0. The molecule has 0 spiro atoms. The second-order valence-corrected chi connectivity index (χ2v) is 12.5. The Morgan fingerprint density at radius 3 is 2.11 bits per heavy atom. The molecule has 2 fully saturated rings. The monoisotopic (exact) mass is 523 g/mol. The summed E-state index contributed by atoms with van der Waals surface area (Å²) in [5, 5.41) is 15.7. The van der Waals surface area contributed by atoms with E-state index >= 15 is 0 Å². The van der Waals surface area contributed by atoms with Crippen LogP contribution in [0, 0.1) is 5.92 Å². The van der Waals surface area contributed by atoms with Crippen LogP contribution in [0.15, 0.2) is 18.3 Å². The summed E-state index contributed by atoms with van der Waals surface area (Å²) in [6.07, 6.45) is 25.7. The molecule has 2 heterocycles. The van der Waals surface area contributed by atoms with Crippen molar-refractivity contribution in [1.29, 1.82) is 0 Å². The molecule has 0 aliphatic heterocycles. The van der Waals surface area contributed by atoms with Crippen molar-refractivity contribution in [3.8, 4) is 0 Å². The number of H-pyrrole nitrogens is 1. The van der Waals surface area contributed by atoms with E-state index in [1.165, 1.54) is 121 Å². The first-order chi connectivity index (χ1) is 18.6. The van der Waals surface area contributed by atoms with Gasteiger partial charge in [0.2, 0.25) is 0 Å². The minimum atomic E-state index is -0.0919. The maximum Gasteiger partial charge on any atom is 0.272 e. The first kappa shape index (κ1) is 28.9. The normalized spacial score (nSPS) is 24.3. The number of aromatic amines is 1. The summed E-state index contributed by atoms with van der Waals surface area (Å²) in [7, 11) is 0. The van der Waals surface area contributed by atoms with Gasteiger partial charge in [-0.2, -0.15) is 10.2 Å². The average Bonchev–Trinajstić information content (AvgIpc) is 3.58. The third-order valence-electron chi connectivity index (χ3n) is 9.04. The maximum atomic E-state index is 13.0. The van der Waals surface area contributed by atoms with Gasteiger partial charge in [0.05, 0.1) is 12.2 Å². The van der Waals surface area contributed by atoms with E-state index in [4.69, 9.17) is 5.10 Å². The Labute approximate surface area is 231 Å². The van der Waals surface area contributed by atoms with Crippen LogP contribution in [0.5, 0.6) is 0 Å². The molecule has 6 heteroatoms. The zero-order valence-electron chi connectivity index (χ0n) is 24.2. The van der Waals surface area contributed by atoms with E-state index in [1.54, 1.807) is 0 Å². The lowest BCUT2D eigenvalue weighted by molar-refractivity contribution is 0.0931. The van der Waals surface area contributed by atoms with Crippen molar-refractivity contribution in [2.45, 2.75) is 154 Å². The lowest BCUT2D eigenvalue weighted by atomic mass is 9.88. The van der Waals surface area contributed by atoms with E-state index in [1.807, 2.05) is 10.7 Å². The molecule has 1 atom stereocenters. The van der Waals surface area contributed by atoms with Crippen LogP contribution < -0.4 is 5.32 Å². The van der Waals surface area contributed by atoms with Gasteiger partial charge in [0, 0.05) is 29.8 Å². The van der Waals surface area contributed by atoms with Gasteiger partial charge in [-0.1, -0.05) is 96.8 Å². The van der Waals surface area contributed by atoms with Crippen molar-refractivity contribution >= 4 is 5.91 Å². The SMILES string of the molecule is CC1CCCCCC(c2cc(C(=O)N[C@H](C)Cn3ccc(C4CCCCCCCC4)n3)n[nH]2)CCCCC1. The van der Waals surface area contributed by atoms with Gasteiger partial charge in [-0.3, -0.25) is 14.6 Å². The number of nitrogens with one attached hydrogen (secondary N) is 2. The molecule has 2 N–H and O–H groups in total. The molecule has 0 unspecified atom stereocenters. The Kier molecular flexibility index (Phi) is 11.8. The van der Waals surface area contributed by atoms with Gasteiger partial charge in [0.25, 0.3) is 5.91 Å². The third-order valence-corrected chi connectivity index (χ3v) is 9.04. The molecular weight excluding hydrogens is 470 g/mol. The number of carbonyl (C=O) groups is 1. The van der Waals surface area contributed by atoms with Crippen LogP contribution in [0.3, 0.4) is 0 Å². The van der Waals surface area contributed by atoms with E-state index in [0.717, 1.165) is 11.6 Å². The zero-order chi connectivity index (χ0) is 26.6. The summed E-state index contributed by atoms with van der Waals surface area (Å²) in [6, 6.07) is 4.18. The largest absolute Gasteiger partial charge is 0.346 e. The van der Waals surface area contributed by atoms with E-state index in [-0.39, 0.29) is 11.9 Å². The Morgan fingerprint density at radius 2 is 1.45 bits per heavy atom. The predicted molar refractivity (Wildman–Crippen MR) is 155 cm³/mol. The first-order valence-corrected chi connectivity index (χ1v) is 16.0. The maximum absolute atomic E-state index is 13.0. The van der Waals surface area contributed by atoms with Gasteiger partial charge < -0.3 is 5.32 Å². The van der Waals surface area contributed by atoms with Crippen LogP contribution in [0.4, 0.5) is 0 Å². The number of amides is 1. The number of carbonyl (C=O) groups excluding carboxylic acids is 1. The summed E-state index contributed by atoms with van der Waals surface area (Å²) in [5.74, 6) is 1.86. The van der Waals surface area contributed by atoms with Crippen molar-refractivity contribution in [1.82, 2.24) is 25.3 Å². The molecule has 2 aliphatic rings. The van der Waals surface area contributed by atoms with Crippen molar-refractivity contribution in [3.63, 3.8) is 0 Å². The van der Waals surface area contributed by atoms with Gasteiger partial charge in [-0.25, -0.2) is 0 Å². The van der Waals surface area contributed by atoms with E-state index in [9.17, 15) is 4.79 Å². The van der Waals surface area contributed by atoms with Gasteiger partial charge >= 0.3 is 0 Å². The Bertz CT molecular complexity index is 925. The number of rotatable bonds is 6. The van der Waals surface area contributed by atoms with Crippen LogP contribution >= 0.6 is 0 Å². The number of hydrogen-bond acceptors (Lipinski definition) is 3. The van der Waals surface area contributed by atoms with E-state index < -0.39 is 0 Å². The Hall–Kier alpha value is -2.11. The topological polar surface area (TPSA) is 75.6 Å². The standard InChI is InChI=1S/C32H53N5O/c1-25-15-9-7-13-19-28(20-14-8-10-16-25)30-23-31(35-34-30)32(38)33-26(2)24-37-22-21-29(36-37)27-17-11-5-3-4-6-12-18-27/h21-23,25-28H,3-20,24H2,1-2H3,(H,33,38)(H,34,35)/t25?,26-,28?/m1/s1. The molecule has 2 aromatic rings. The average molecular weight is 524 g/mol. The second kappa shape index (κ2) is 15.5. The van der Waals surface area contributed by atoms with Gasteiger partial charge in [0.1, 0.15) is 5.69 Å². The lowest BCUT2D eigenvalue weighted by Gasteiger charge is -2.18. The lowest BCUT2D eigenvalue weighted by Crippen LogP contribution is -2.36. The molecule has 2 aromatic heterocycles. The van der Waals surface area contributed by atoms with E-state index in [2.05, 4.69) is 41.6 Å². The van der Waals surface area contributed by atoms with Gasteiger partial charge in [0.15, 0.2) is 0 Å². The predicted octanol–water partition coefficient (Wildman–Crippen LogP) is 8.28. The van der Waals surface area contributed by atoms with Gasteiger partial charge in [-0.05, 0) is 50.7 Å². The minimum Gasteiger partial charge on any atom is -0.346 e. The molecule has 4 rings (SSSR count). The highest BCUT2D eigenvalue weighted by atomic mass is 16.2. The summed E-state index contributed by atoms with van der Waals surface area (Å²) in [6.45, 7) is 5.15. The highest BCUT2D eigenvalue weighted by Gasteiger charge is 2.20. The molecule has 212 valence electrons. The smallest absolute Gasteiger partial charge is 0.272 e. The minimum absolute atomic E-state index is 0.0142. The second-order valence-electron chi connectivity index (χ2n) is 12.5. The molecule has 6 nitrogen and oxygen atoms in total. The zero-order valence-corrected chi connectivity index (χ0v) is 24.2. The Morgan fingerprint density at radius 1 is 0.895 bits per heavy atom. The third kappa shape index (κ3) is 9.27. The number of hydrogen-bond donors (Lipinski definition) is 2. The summed E-state index contributed by atoms with van der Waals surface area (Å²) >= 11 is 0. The molecule has 38 heavy (non-hydrogen) atoms. The van der Waals surface area contributed by atoms with Crippen LogP contribution in [-0.2, 0) is 6.54 Å². The van der Waals surface area contributed by atoms with Crippen molar-refractivity contribution in [2.75, 3.05) is 0 Å². The van der Waals surface area contributed by atoms with Crippen LogP contribution in [0.1, 0.15) is 163 Å². The van der Waals surface area contributed by atoms with Crippen LogP contribution in [0.2, 0.25) is 0 Å². The quantitative estimate of drug-likeness (QED) is 0.400. The molecule has 0 radical (unpaired) electrons. The van der Waals surface area contributed by atoms with Crippen LogP contribution in [0.25, 0.3) is 0 Å². The van der Waals surface area contributed by atoms with Gasteiger partial charge in [-0.15, -0.1) is 0 Å². The highest BCUT2D eigenvalue weighted by molar-refractivity contribution is 5.92. The fourth-order valence-corrected chi connectivity index (χ4v) is 6.63. The van der Waals surface area contributed by atoms with Crippen molar-refractivity contribution < 1.29 is 4.79 Å². The number of nitrogens with zero attached hydrogens (tertiary/aromatic N) is 3. The molecule has 0 bridgehead atoms. The number of aromatic nitrogens is 4.